The maximum Gasteiger partial charge on any atom is 0.328 e. The summed E-state index contributed by atoms with van der Waals surface area (Å²) in [4.78, 5) is 21.6. The number of fused-ring (bicyclic) bond motifs is 3. The molecule has 6 unspecified atom stereocenters. The average Bonchev–Trinajstić information content (AvgIpc) is 4.08. The van der Waals surface area contributed by atoms with Gasteiger partial charge < -0.3 is 48.3 Å². The minimum absolute atomic E-state index is 0.0218. The fourth-order valence-corrected chi connectivity index (χ4v) is 8.28. The minimum atomic E-state index is -1.26. The minimum Gasteiger partial charge on any atom is -0.478 e. The Labute approximate surface area is 342 Å². The van der Waals surface area contributed by atoms with Crippen LogP contribution in [0.5, 0.6) is 23.0 Å². The van der Waals surface area contributed by atoms with Crippen molar-refractivity contribution in [2.75, 3.05) is 47.0 Å². The van der Waals surface area contributed by atoms with E-state index in [-0.39, 0.29) is 25.8 Å². The van der Waals surface area contributed by atoms with Crippen LogP contribution in [-0.4, -0.2) is 80.1 Å². The van der Waals surface area contributed by atoms with Crippen LogP contribution >= 0.6 is 11.6 Å². The number of carboxylic acid groups (broad SMARTS) is 2. The Hall–Kier alpha value is -5.11. The van der Waals surface area contributed by atoms with Gasteiger partial charge in [-0.3, -0.25) is 0 Å². The van der Waals surface area contributed by atoms with E-state index in [2.05, 4.69) is 67.4 Å². The van der Waals surface area contributed by atoms with Gasteiger partial charge in [0.1, 0.15) is 5.60 Å². The van der Waals surface area contributed by atoms with Crippen molar-refractivity contribution in [1.82, 2.24) is 4.90 Å². The highest BCUT2D eigenvalue weighted by molar-refractivity contribution is 6.30. The third kappa shape index (κ3) is 9.60. The molecule has 0 spiro atoms. The monoisotopic (exact) mass is 813 g/mol. The zero-order valence-electron chi connectivity index (χ0n) is 32.5. The molecule has 3 fully saturated rings. The first-order valence-electron chi connectivity index (χ1n) is 19.4. The molecule has 13 heteroatoms. The quantitative estimate of drug-likeness (QED) is 0.150. The predicted octanol–water partition coefficient (Wildman–Crippen LogP) is 8.04. The maximum absolute atomic E-state index is 9.55. The fraction of sp³-hybridized carbons (Fsp3) is 0.378. The number of hydrogen-bond donors (Lipinski definition) is 2. The van der Waals surface area contributed by atoms with Crippen LogP contribution in [0.3, 0.4) is 0 Å². The van der Waals surface area contributed by atoms with Crippen LogP contribution in [-0.2, 0) is 29.4 Å². The Morgan fingerprint density at radius 3 is 1.78 bits per heavy atom. The molecule has 9 rings (SSSR count). The average molecular weight is 814 g/mol. The largest absolute Gasteiger partial charge is 0.478 e. The van der Waals surface area contributed by atoms with E-state index in [9.17, 15) is 9.59 Å². The molecule has 0 aliphatic carbocycles. The molecular formula is C45H48ClNO11. The van der Waals surface area contributed by atoms with Crippen LogP contribution in [0, 0.1) is 11.8 Å². The van der Waals surface area contributed by atoms with E-state index in [0.717, 1.165) is 57.7 Å². The smallest absolute Gasteiger partial charge is 0.328 e. The summed E-state index contributed by atoms with van der Waals surface area (Å²) < 4.78 is 40.7. The third-order valence-electron chi connectivity index (χ3n) is 11.3. The Bertz CT molecular complexity index is 1970. The van der Waals surface area contributed by atoms with Crippen molar-refractivity contribution in [3.05, 3.63) is 130 Å². The van der Waals surface area contributed by atoms with Gasteiger partial charge in [-0.05, 0) is 98.4 Å². The molecule has 12 nitrogen and oxygen atoms in total. The molecule has 5 aliphatic heterocycles. The lowest BCUT2D eigenvalue weighted by atomic mass is 9.85. The number of rotatable bonds is 10. The number of ether oxygens (including phenoxy) is 7. The normalized spacial score (nSPS) is 23.7. The summed E-state index contributed by atoms with van der Waals surface area (Å²) in [5.41, 5.74) is 4.10. The van der Waals surface area contributed by atoms with Gasteiger partial charge in [-0.1, -0.05) is 66.2 Å². The standard InChI is InChI=1S/C21H26ClNO.C20H18O6.C4H4O4/c1-21(17-7-4-3-5-8-17,18-10-12-19(22)13-11-18)24-16-14-20-9-6-15-23(20)2;1-3-15-17(25-9-23-15)5-11(1)19-13-7-22-20(14(13)8-21-19)12-2-4-16-18(6-12)26-10-24-16;5-3(6)1-2-4(7)8/h3-5,7-8,10-13,20H,6,9,14-16H2,1-2H3;1-6,13-14,19-20H,7-10H2;1-2H,(H,5,6)(H,7,8). The van der Waals surface area contributed by atoms with Crippen molar-refractivity contribution < 1.29 is 53.0 Å². The SMILES string of the molecule is CN1CCCC1CCOC(C)(c1ccccc1)c1ccc(Cl)cc1.O=C(O)C=CC(=O)O.c1cc2c(cc1C1OCC3C(c4ccc5c(c4)OCO5)OCC13)OCO2. The summed E-state index contributed by atoms with van der Waals surface area (Å²) in [6, 6.07) is 31.2. The topological polar surface area (TPSA) is 142 Å². The van der Waals surface area contributed by atoms with E-state index in [1.54, 1.807) is 0 Å². The van der Waals surface area contributed by atoms with Crippen molar-refractivity contribution in [3.8, 4) is 23.0 Å². The summed E-state index contributed by atoms with van der Waals surface area (Å²) in [6.07, 6.45) is 4.82. The number of aliphatic carboxylic acids is 2. The molecule has 6 atom stereocenters. The molecular weight excluding hydrogens is 766 g/mol. The van der Waals surface area contributed by atoms with Gasteiger partial charge in [0.2, 0.25) is 13.6 Å². The Morgan fingerprint density at radius 1 is 0.759 bits per heavy atom. The first-order chi connectivity index (χ1) is 28.1. The van der Waals surface area contributed by atoms with Gasteiger partial charge in [-0.15, -0.1) is 0 Å². The molecule has 4 aromatic rings. The zero-order chi connectivity index (χ0) is 40.6. The van der Waals surface area contributed by atoms with Crippen molar-refractivity contribution in [2.24, 2.45) is 11.8 Å². The number of benzene rings is 4. The first kappa shape index (κ1) is 41.1. The Kier molecular flexibility index (Phi) is 13.2. The molecule has 0 radical (unpaired) electrons. The molecule has 4 aromatic carbocycles. The molecule has 0 saturated carbocycles. The Balaban J connectivity index is 0.000000150. The third-order valence-corrected chi connectivity index (χ3v) is 11.6. The van der Waals surface area contributed by atoms with Gasteiger partial charge in [0.25, 0.3) is 0 Å². The van der Waals surface area contributed by atoms with Gasteiger partial charge in [0, 0.05) is 41.7 Å². The van der Waals surface area contributed by atoms with E-state index >= 15 is 0 Å². The highest BCUT2D eigenvalue weighted by Gasteiger charge is 2.48. The molecule has 0 amide bonds. The molecule has 2 N–H and O–H groups in total. The molecule has 5 aliphatic rings. The number of carboxylic acids is 2. The van der Waals surface area contributed by atoms with E-state index in [0.29, 0.717) is 43.2 Å². The molecule has 58 heavy (non-hydrogen) atoms. The van der Waals surface area contributed by atoms with Crippen molar-refractivity contribution in [1.29, 1.82) is 0 Å². The van der Waals surface area contributed by atoms with E-state index < -0.39 is 17.5 Å². The van der Waals surface area contributed by atoms with Gasteiger partial charge in [0.05, 0.1) is 25.4 Å². The summed E-state index contributed by atoms with van der Waals surface area (Å²) in [6.45, 7) is 6.05. The number of likely N-dealkylation sites (tertiary alicyclic amines) is 1. The van der Waals surface area contributed by atoms with Gasteiger partial charge in [-0.25, -0.2) is 9.59 Å². The summed E-state index contributed by atoms with van der Waals surface area (Å²) in [5.74, 6) is 1.31. The van der Waals surface area contributed by atoms with Gasteiger partial charge in [0.15, 0.2) is 23.0 Å². The second-order valence-electron chi connectivity index (χ2n) is 14.9. The highest BCUT2D eigenvalue weighted by atomic mass is 35.5. The van der Waals surface area contributed by atoms with E-state index in [1.807, 2.05) is 42.5 Å². The molecule has 0 aromatic heterocycles. The van der Waals surface area contributed by atoms with Crippen LogP contribution in [0.15, 0.2) is 103 Å². The number of hydrogen-bond acceptors (Lipinski definition) is 10. The van der Waals surface area contributed by atoms with Crippen molar-refractivity contribution in [3.63, 3.8) is 0 Å². The van der Waals surface area contributed by atoms with Crippen LogP contribution in [0.2, 0.25) is 5.02 Å². The van der Waals surface area contributed by atoms with Crippen molar-refractivity contribution >= 4 is 23.5 Å². The van der Waals surface area contributed by atoms with Gasteiger partial charge in [-0.2, -0.15) is 0 Å². The van der Waals surface area contributed by atoms with Crippen LogP contribution in [0.1, 0.15) is 60.6 Å². The summed E-state index contributed by atoms with van der Waals surface area (Å²) in [7, 11) is 2.22. The second kappa shape index (κ2) is 18.6. The van der Waals surface area contributed by atoms with Gasteiger partial charge >= 0.3 is 11.9 Å². The first-order valence-corrected chi connectivity index (χ1v) is 19.8. The van der Waals surface area contributed by atoms with Crippen LogP contribution < -0.4 is 18.9 Å². The van der Waals surface area contributed by atoms with E-state index in [1.165, 1.54) is 24.9 Å². The fourth-order valence-electron chi connectivity index (χ4n) is 8.16. The maximum atomic E-state index is 9.55. The molecule has 5 heterocycles. The molecule has 306 valence electrons. The lowest BCUT2D eigenvalue weighted by Crippen LogP contribution is -2.31. The molecule has 0 bridgehead atoms. The summed E-state index contributed by atoms with van der Waals surface area (Å²) >= 11 is 6.07. The van der Waals surface area contributed by atoms with E-state index in [4.69, 9.17) is 55.0 Å². The highest BCUT2D eigenvalue weighted by Crippen LogP contribution is 2.52. The van der Waals surface area contributed by atoms with Crippen LogP contribution in [0.25, 0.3) is 0 Å². The number of carbonyl (C=O) groups is 2. The number of halogens is 1. The van der Waals surface area contributed by atoms with Crippen LogP contribution in [0.4, 0.5) is 0 Å². The molecule has 3 saturated heterocycles. The summed E-state index contributed by atoms with van der Waals surface area (Å²) in [5, 5.41) is 16.4. The Morgan fingerprint density at radius 2 is 1.28 bits per heavy atom. The zero-order valence-corrected chi connectivity index (χ0v) is 33.2. The second-order valence-corrected chi connectivity index (χ2v) is 15.3. The lowest BCUT2D eigenvalue weighted by molar-refractivity contribution is -0.134. The van der Waals surface area contributed by atoms with Crippen molar-refractivity contribution in [2.45, 2.75) is 50.0 Å². The predicted molar refractivity (Wildman–Crippen MR) is 214 cm³/mol. The number of nitrogens with zero attached hydrogens (tertiary/aromatic N) is 1. The lowest BCUT2D eigenvalue weighted by Gasteiger charge is -2.32.